The van der Waals surface area contributed by atoms with Crippen LogP contribution in [0.5, 0.6) is 0 Å². The van der Waals surface area contributed by atoms with Gasteiger partial charge in [-0.25, -0.2) is 13.8 Å². The van der Waals surface area contributed by atoms with E-state index in [9.17, 15) is 32.0 Å². The van der Waals surface area contributed by atoms with Gasteiger partial charge in [-0.1, -0.05) is 11.2 Å². The van der Waals surface area contributed by atoms with E-state index in [1.54, 1.807) is 10.3 Å². The molecule has 1 aromatic carbocycles. The Morgan fingerprint density at radius 2 is 1.89 bits per heavy atom. The molecular formula is C24H24F5N5O2S. The minimum absolute atomic E-state index is 0.00541. The highest BCUT2D eigenvalue weighted by Gasteiger charge is 2.35. The van der Waals surface area contributed by atoms with E-state index in [0.29, 0.717) is 31.6 Å². The van der Waals surface area contributed by atoms with Gasteiger partial charge in [0.2, 0.25) is 5.91 Å². The summed E-state index contributed by atoms with van der Waals surface area (Å²) in [4.78, 5) is 18.8. The van der Waals surface area contributed by atoms with Gasteiger partial charge in [0, 0.05) is 35.6 Å². The van der Waals surface area contributed by atoms with E-state index in [2.05, 4.69) is 15.2 Å². The number of carbonyl (C=O) groups excluding carboxylic acids is 1. The average Bonchev–Trinajstić information content (AvgIpc) is 3.48. The summed E-state index contributed by atoms with van der Waals surface area (Å²) in [5, 5.41) is 18.7. The number of alkyl halides is 3. The van der Waals surface area contributed by atoms with Crippen LogP contribution in [0.25, 0.3) is 0 Å². The van der Waals surface area contributed by atoms with Crippen LogP contribution in [-0.4, -0.2) is 49.6 Å². The zero-order valence-corrected chi connectivity index (χ0v) is 20.6. The van der Waals surface area contributed by atoms with Crippen LogP contribution in [0.1, 0.15) is 52.8 Å². The number of carbonyl (C=O) groups is 1. The van der Waals surface area contributed by atoms with Gasteiger partial charge < -0.3 is 10.1 Å². The molecule has 3 aromatic rings. The fraction of sp³-hybridized carbons (Fsp3) is 0.417. The van der Waals surface area contributed by atoms with Gasteiger partial charge in [0.1, 0.15) is 23.9 Å². The van der Waals surface area contributed by atoms with E-state index in [0.717, 1.165) is 15.8 Å². The van der Waals surface area contributed by atoms with Crippen molar-refractivity contribution in [2.45, 2.75) is 51.2 Å². The number of amides is 1. The summed E-state index contributed by atoms with van der Waals surface area (Å²) in [6, 6.07) is 4.53. The van der Waals surface area contributed by atoms with Gasteiger partial charge in [0.25, 0.3) is 0 Å². The van der Waals surface area contributed by atoms with Crippen molar-refractivity contribution in [1.29, 1.82) is 0 Å². The quantitative estimate of drug-likeness (QED) is 0.194. The van der Waals surface area contributed by atoms with E-state index in [-0.39, 0.29) is 48.2 Å². The van der Waals surface area contributed by atoms with Crippen LogP contribution in [0.15, 0.2) is 34.8 Å². The highest BCUT2D eigenvalue weighted by Crippen LogP contribution is 2.32. The third-order valence-corrected chi connectivity index (χ3v) is 7.37. The van der Waals surface area contributed by atoms with E-state index in [4.69, 9.17) is 0 Å². The highest BCUT2D eigenvalue weighted by molar-refractivity contribution is 7.10. The molecule has 1 N–H and O–H groups in total. The highest BCUT2D eigenvalue weighted by atomic mass is 32.1. The molecule has 2 aromatic heterocycles. The molecule has 0 saturated carbocycles. The Kier molecular flexibility index (Phi) is 7.90. The summed E-state index contributed by atoms with van der Waals surface area (Å²) in [6.45, 7) is 2.03. The Labute approximate surface area is 213 Å². The van der Waals surface area contributed by atoms with Crippen molar-refractivity contribution in [3.8, 4) is 0 Å². The first-order valence-corrected chi connectivity index (χ1v) is 12.4. The summed E-state index contributed by atoms with van der Waals surface area (Å²) in [6.07, 6.45) is -3.26. The zero-order valence-electron chi connectivity index (χ0n) is 19.8. The maximum absolute atomic E-state index is 13.9. The molecule has 1 aliphatic heterocycles. The van der Waals surface area contributed by atoms with Crippen molar-refractivity contribution < 1.29 is 32.0 Å². The predicted molar refractivity (Wildman–Crippen MR) is 126 cm³/mol. The molecule has 37 heavy (non-hydrogen) atoms. The lowest BCUT2D eigenvalue weighted by Gasteiger charge is -2.31. The number of hydrogen-bond donors (Lipinski definition) is 1. The van der Waals surface area contributed by atoms with Crippen molar-refractivity contribution in [3.63, 3.8) is 0 Å². The van der Waals surface area contributed by atoms with Crippen LogP contribution in [0.2, 0.25) is 0 Å². The molecule has 0 radical (unpaired) electrons. The van der Waals surface area contributed by atoms with Crippen LogP contribution >= 0.6 is 11.3 Å². The summed E-state index contributed by atoms with van der Waals surface area (Å²) in [7, 11) is 0. The van der Waals surface area contributed by atoms with Crippen molar-refractivity contribution in [1.82, 2.24) is 19.7 Å². The van der Waals surface area contributed by atoms with Crippen molar-refractivity contribution in [3.05, 3.63) is 68.9 Å². The number of oxime groups is 1. The van der Waals surface area contributed by atoms with Gasteiger partial charge in [0.15, 0.2) is 5.69 Å². The Balaban J connectivity index is 1.33. The van der Waals surface area contributed by atoms with Crippen molar-refractivity contribution >= 4 is 23.0 Å². The second-order valence-electron chi connectivity index (χ2n) is 8.80. The Hall–Kier alpha value is -3.35. The fourth-order valence-electron chi connectivity index (χ4n) is 4.26. The number of piperidine rings is 1. The average molecular weight is 542 g/mol. The Bertz CT molecular complexity index is 1270. The summed E-state index contributed by atoms with van der Waals surface area (Å²) >= 11 is 1.37. The van der Waals surface area contributed by atoms with Crippen LogP contribution < -0.4 is 0 Å². The molecule has 13 heteroatoms. The van der Waals surface area contributed by atoms with Gasteiger partial charge in [-0.15, -0.1) is 11.3 Å². The maximum atomic E-state index is 13.9. The standard InChI is InChI=1S/C24H24F5N5O2S/c1-14-11-21(24(27,28)29)31-34(14)12-22(35)33-9-7-15(8-10-33)23-30-20(13-37-23)19(32-36)6-5-16-17(25)3-2-4-18(16)26/h2-4,11,13,15,36H,5-10,12H2,1H3/b32-19+. The molecule has 0 spiro atoms. The van der Waals surface area contributed by atoms with E-state index >= 15 is 0 Å². The Morgan fingerprint density at radius 3 is 2.49 bits per heavy atom. The number of aryl methyl sites for hydroxylation is 1. The lowest BCUT2D eigenvalue weighted by molar-refractivity contribution is -0.142. The fourth-order valence-corrected chi connectivity index (χ4v) is 5.26. The first-order valence-electron chi connectivity index (χ1n) is 11.6. The molecule has 198 valence electrons. The summed E-state index contributed by atoms with van der Waals surface area (Å²) in [5.74, 6) is -1.59. The predicted octanol–water partition coefficient (Wildman–Crippen LogP) is 5.16. The number of aromatic nitrogens is 3. The minimum Gasteiger partial charge on any atom is -0.411 e. The number of benzene rings is 1. The number of likely N-dealkylation sites (tertiary alicyclic amines) is 1. The molecular weight excluding hydrogens is 517 g/mol. The number of nitrogens with zero attached hydrogens (tertiary/aromatic N) is 5. The third kappa shape index (κ3) is 6.14. The monoisotopic (exact) mass is 541 g/mol. The number of hydrogen-bond acceptors (Lipinski definition) is 6. The molecule has 4 rings (SSSR count). The molecule has 7 nitrogen and oxygen atoms in total. The SMILES string of the molecule is Cc1cc(C(F)(F)F)nn1CC(=O)N1CCC(c2nc(/C(CCc3c(F)cccc3F)=N/O)cs2)CC1. The van der Waals surface area contributed by atoms with Gasteiger partial charge in [-0.05, 0) is 50.8 Å². The topological polar surface area (TPSA) is 83.6 Å². The molecule has 0 unspecified atom stereocenters. The van der Waals surface area contributed by atoms with E-state index in [1.807, 2.05) is 0 Å². The van der Waals surface area contributed by atoms with E-state index in [1.165, 1.54) is 36.5 Å². The van der Waals surface area contributed by atoms with E-state index < -0.39 is 23.5 Å². The van der Waals surface area contributed by atoms with Gasteiger partial charge in [-0.2, -0.15) is 18.3 Å². The number of rotatable bonds is 7. The van der Waals surface area contributed by atoms with Crippen LogP contribution in [0, 0.1) is 18.6 Å². The maximum Gasteiger partial charge on any atom is 0.435 e. The number of halogens is 5. The molecule has 1 aliphatic rings. The first-order chi connectivity index (χ1) is 17.6. The molecule has 3 heterocycles. The second kappa shape index (κ2) is 11.0. The first kappa shape index (κ1) is 26.7. The molecule has 1 saturated heterocycles. The smallest absolute Gasteiger partial charge is 0.411 e. The molecule has 1 fully saturated rings. The van der Waals surface area contributed by atoms with Gasteiger partial charge in [0.05, 0.1) is 10.7 Å². The molecule has 1 amide bonds. The lowest BCUT2D eigenvalue weighted by atomic mass is 9.97. The van der Waals surface area contributed by atoms with Crippen LogP contribution in [0.3, 0.4) is 0 Å². The third-order valence-electron chi connectivity index (χ3n) is 6.37. The molecule has 0 aliphatic carbocycles. The number of thiazole rings is 1. The van der Waals surface area contributed by atoms with Gasteiger partial charge in [-0.3, -0.25) is 9.48 Å². The minimum atomic E-state index is -4.57. The Morgan fingerprint density at radius 1 is 1.22 bits per heavy atom. The van der Waals surface area contributed by atoms with Crippen molar-refractivity contribution in [2.75, 3.05) is 13.1 Å². The molecule has 0 atom stereocenters. The lowest BCUT2D eigenvalue weighted by Crippen LogP contribution is -2.40. The van der Waals surface area contributed by atoms with Crippen molar-refractivity contribution in [2.24, 2.45) is 5.16 Å². The normalized spacial score (nSPS) is 15.4. The second-order valence-corrected chi connectivity index (χ2v) is 9.69. The largest absolute Gasteiger partial charge is 0.435 e. The summed E-state index contributed by atoms with van der Waals surface area (Å²) in [5.41, 5.74) is -0.222. The van der Waals surface area contributed by atoms with Crippen LogP contribution in [0.4, 0.5) is 22.0 Å². The molecule has 0 bridgehead atoms. The summed E-state index contributed by atoms with van der Waals surface area (Å²) < 4.78 is 67.5. The zero-order chi connectivity index (χ0) is 26.7. The van der Waals surface area contributed by atoms with Gasteiger partial charge >= 0.3 is 6.18 Å². The van der Waals surface area contributed by atoms with Crippen LogP contribution in [-0.2, 0) is 23.9 Å².